The average Bonchev–Trinajstić information content (AvgIpc) is 2.73. The molecular formula is C10H9N5S. The van der Waals surface area contributed by atoms with Gasteiger partial charge in [-0.3, -0.25) is 0 Å². The maximum Gasteiger partial charge on any atom is 0.248 e. The van der Waals surface area contributed by atoms with Crippen molar-refractivity contribution >= 4 is 23.3 Å². The van der Waals surface area contributed by atoms with E-state index in [9.17, 15) is 0 Å². The summed E-state index contributed by atoms with van der Waals surface area (Å²) in [5.74, 6) is 1.31. The highest BCUT2D eigenvalue weighted by atomic mass is 32.1. The van der Waals surface area contributed by atoms with Gasteiger partial charge < -0.3 is 11.1 Å². The van der Waals surface area contributed by atoms with Crippen molar-refractivity contribution < 1.29 is 0 Å². The van der Waals surface area contributed by atoms with Gasteiger partial charge in [0.1, 0.15) is 0 Å². The van der Waals surface area contributed by atoms with Crippen molar-refractivity contribution in [3.8, 4) is 11.4 Å². The monoisotopic (exact) mass is 231 g/mol. The molecule has 0 atom stereocenters. The number of hydrogen-bond donors (Lipinski definition) is 2. The number of thiocarbonyl (C=S) groups is 1. The summed E-state index contributed by atoms with van der Waals surface area (Å²) in [5, 5.41) is 7.18. The van der Waals surface area contributed by atoms with E-state index in [4.69, 9.17) is 18.0 Å². The Morgan fingerprint density at radius 1 is 1.44 bits per heavy atom. The van der Waals surface area contributed by atoms with Crippen LogP contribution in [0.2, 0.25) is 0 Å². The zero-order chi connectivity index (χ0) is 11.1. The molecule has 0 aliphatic carbocycles. The van der Waals surface area contributed by atoms with Crippen LogP contribution < -0.4 is 11.1 Å². The molecule has 0 radical (unpaired) electrons. The van der Waals surface area contributed by atoms with Crippen molar-refractivity contribution in [2.24, 2.45) is 5.73 Å². The summed E-state index contributed by atoms with van der Waals surface area (Å²) in [7, 11) is 0. The highest BCUT2D eigenvalue weighted by Crippen LogP contribution is 2.30. The Bertz CT molecular complexity index is 574. The smallest absolute Gasteiger partial charge is 0.248 e. The lowest BCUT2D eigenvalue weighted by Crippen LogP contribution is -2.20. The molecule has 80 valence electrons. The van der Waals surface area contributed by atoms with E-state index in [1.165, 1.54) is 5.56 Å². The summed E-state index contributed by atoms with van der Waals surface area (Å²) < 4.78 is 1.84. The Kier molecular flexibility index (Phi) is 1.90. The van der Waals surface area contributed by atoms with Crippen molar-refractivity contribution in [1.29, 1.82) is 0 Å². The quantitative estimate of drug-likeness (QED) is 0.611. The molecule has 3 N–H and O–H groups in total. The summed E-state index contributed by atoms with van der Waals surface area (Å²) in [4.78, 5) is 4.35. The first kappa shape index (κ1) is 9.29. The third-order valence-electron chi connectivity index (χ3n) is 2.49. The molecule has 6 heteroatoms. The molecule has 5 nitrogen and oxygen atoms in total. The summed E-state index contributed by atoms with van der Waals surface area (Å²) in [6.07, 6.45) is 0. The molecule has 3 rings (SSSR count). The van der Waals surface area contributed by atoms with E-state index >= 15 is 0 Å². The SMILES string of the molecule is NC(=S)Nc1nc2n(n1)Cc1ccccc1-2. The number of benzene rings is 1. The Hall–Kier alpha value is -1.95. The van der Waals surface area contributed by atoms with Crippen LogP contribution in [0.3, 0.4) is 0 Å². The number of anilines is 1. The van der Waals surface area contributed by atoms with E-state index in [0.29, 0.717) is 5.95 Å². The van der Waals surface area contributed by atoms with Crippen molar-refractivity contribution in [2.45, 2.75) is 6.54 Å². The minimum Gasteiger partial charge on any atom is -0.376 e. The largest absolute Gasteiger partial charge is 0.376 e. The molecule has 1 aromatic heterocycles. The maximum absolute atomic E-state index is 5.37. The van der Waals surface area contributed by atoms with Gasteiger partial charge in [0.25, 0.3) is 0 Å². The zero-order valence-corrected chi connectivity index (χ0v) is 9.16. The lowest BCUT2D eigenvalue weighted by atomic mass is 10.1. The highest BCUT2D eigenvalue weighted by Gasteiger charge is 2.21. The minimum absolute atomic E-state index is 0.178. The van der Waals surface area contributed by atoms with E-state index in [1.54, 1.807) is 0 Å². The van der Waals surface area contributed by atoms with Gasteiger partial charge in [0.05, 0.1) is 6.54 Å². The standard InChI is InChI=1S/C10H9N5S/c11-9(16)13-10-12-8-7-4-2-1-3-6(7)5-15(8)14-10/h1-4H,5H2,(H3,11,13,14,16). The number of aromatic nitrogens is 3. The second-order valence-electron chi connectivity index (χ2n) is 3.56. The second-order valence-corrected chi connectivity index (χ2v) is 4.00. The van der Waals surface area contributed by atoms with Gasteiger partial charge in [-0.05, 0) is 17.8 Å². The molecule has 0 amide bonds. The van der Waals surface area contributed by atoms with E-state index in [-0.39, 0.29) is 5.11 Å². The molecule has 0 fully saturated rings. The van der Waals surface area contributed by atoms with Gasteiger partial charge in [-0.15, -0.1) is 5.10 Å². The van der Waals surface area contributed by atoms with Crippen LogP contribution in [0.25, 0.3) is 11.4 Å². The van der Waals surface area contributed by atoms with Crippen LogP contribution >= 0.6 is 12.2 Å². The van der Waals surface area contributed by atoms with Crippen LogP contribution in [0.4, 0.5) is 5.95 Å². The molecule has 0 saturated heterocycles. The molecule has 0 saturated carbocycles. The van der Waals surface area contributed by atoms with Crippen LogP contribution in [0, 0.1) is 0 Å². The van der Waals surface area contributed by atoms with Crippen LogP contribution in [-0.2, 0) is 6.54 Å². The zero-order valence-electron chi connectivity index (χ0n) is 8.34. The van der Waals surface area contributed by atoms with E-state index in [1.807, 2.05) is 22.9 Å². The van der Waals surface area contributed by atoms with E-state index < -0.39 is 0 Å². The molecule has 1 aliphatic rings. The van der Waals surface area contributed by atoms with E-state index in [0.717, 1.165) is 17.9 Å². The molecule has 1 aliphatic heterocycles. The molecule has 0 spiro atoms. The summed E-state index contributed by atoms with van der Waals surface area (Å²) in [5.41, 5.74) is 7.72. The second kappa shape index (κ2) is 3.28. The Morgan fingerprint density at radius 2 is 2.25 bits per heavy atom. The van der Waals surface area contributed by atoms with Gasteiger partial charge in [-0.25, -0.2) is 4.68 Å². The summed E-state index contributed by atoms with van der Waals surface area (Å²) in [6, 6.07) is 8.11. The fourth-order valence-corrected chi connectivity index (χ4v) is 1.94. The Morgan fingerprint density at radius 3 is 3.06 bits per heavy atom. The maximum atomic E-state index is 5.37. The van der Waals surface area contributed by atoms with Crippen LogP contribution in [0.5, 0.6) is 0 Å². The third kappa shape index (κ3) is 1.35. The van der Waals surface area contributed by atoms with Crippen molar-refractivity contribution in [3.05, 3.63) is 29.8 Å². The van der Waals surface area contributed by atoms with Crippen LogP contribution in [0.15, 0.2) is 24.3 Å². The number of hydrogen-bond acceptors (Lipinski definition) is 3. The highest BCUT2D eigenvalue weighted by molar-refractivity contribution is 7.80. The van der Waals surface area contributed by atoms with Gasteiger partial charge in [0.15, 0.2) is 10.9 Å². The first-order chi connectivity index (χ1) is 7.74. The number of nitrogens with zero attached hydrogens (tertiary/aromatic N) is 3. The summed E-state index contributed by atoms with van der Waals surface area (Å²) in [6.45, 7) is 0.748. The van der Waals surface area contributed by atoms with Gasteiger partial charge in [-0.1, -0.05) is 24.3 Å². The lowest BCUT2D eigenvalue weighted by Gasteiger charge is -1.97. The average molecular weight is 231 g/mol. The fourth-order valence-electron chi connectivity index (χ4n) is 1.85. The molecule has 2 aromatic rings. The first-order valence-electron chi connectivity index (χ1n) is 4.83. The number of fused-ring (bicyclic) bond motifs is 3. The first-order valence-corrected chi connectivity index (χ1v) is 5.24. The number of rotatable bonds is 1. The predicted molar refractivity (Wildman–Crippen MR) is 65.0 cm³/mol. The van der Waals surface area contributed by atoms with Gasteiger partial charge in [0.2, 0.25) is 5.95 Å². The van der Waals surface area contributed by atoms with Gasteiger partial charge in [0, 0.05) is 5.56 Å². The van der Waals surface area contributed by atoms with Crippen molar-refractivity contribution in [1.82, 2.24) is 14.8 Å². The Labute approximate surface area is 97.3 Å². The van der Waals surface area contributed by atoms with Crippen molar-refractivity contribution in [3.63, 3.8) is 0 Å². The lowest BCUT2D eigenvalue weighted by molar-refractivity contribution is 0.723. The van der Waals surface area contributed by atoms with Gasteiger partial charge >= 0.3 is 0 Å². The fraction of sp³-hybridized carbons (Fsp3) is 0.100. The summed E-state index contributed by atoms with van der Waals surface area (Å²) >= 11 is 4.74. The van der Waals surface area contributed by atoms with Crippen LogP contribution in [0.1, 0.15) is 5.56 Å². The number of nitrogens with one attached hydrogen (secondary N) is 1. The van der Waals surface area contributed by atoms with E-state index in [2.05, 4.69) is 21.5 Å². The third-order valence-corrected chi connectivity index (χ3v) is 2.59. The van der Waals surface area contributed by atoms with Crippen LogP contribution in [-0.4, -0.2) is 19.9 Å². The number of nitrogens with two attached hydrogens (primary N) is 1. The van der Waals surface area contributed by atoms with Gasteiger partial charge in [-0.2, -0.15) is 4.98 Å². The molecular weight excluding hydrogens is 222 g/mol. The molecule has 2 heterocycles. The molecule has 0 bridgehead atoms. The topological polar surface area (TPSA) is 68.8 Å². The molecule has 16 heavy (non-hydrogen) atoms. The minimum atomic E-state index is 0.178. The Balaban J connectivity index is 2.04. The normalized spacial score (nSPS) is 12.0. The molecule has 1 aromatic carbocycles. The molecule has 0 unspecified atom stereocenters. The predicted octanol–water partition coefficient (Wildman–Crippen LogP) is 0.962. The van der Waals surface area contributed by atoms with Crippen molar-refractivity contribution in [2.75, 3.05) is 5.32 Å².